The first kappa shape index (κ1) is 19.9. The molecule has 4 rings (SSSR count). The molecule has 9 nitrogen and oxygen atoms in total. The van der Waals surface area contributed by atoms with Crippen LogP contribution in [0.4, 0.5) is 11.9 Å². The van der Waals surface area contributed by atoms with E-state index in [4.69, 9.17) is 9.15 Å². The summed E-state index contributed by atoms with van der Waals surface area (Å²) in [5.74, 6) is 2.21. The second-order valence-corrected chi connectivity index (χ2v) is 7.47. The molecule has 1 saturated heterocycles. The minimum atomic E-state index is -0.334. The molecule has 3 heterocycles. The van der Waals surface area contributed by atoms with Crippen molar-refractivity contribution in [3.63, 3.8) is 0 Å². The van der Waals surface area contributed by atoms with Crippen LogP contribution in [0.1, 0.15) is 35.6 Å². The lowest BCUT2D eigenvalue weighted by atomic mass is 10.1. The zero-order chi connectivity index (χ0) is 21.1. The number of benzene rings is 1. The van der Waals surface area contributed by atoms with Crippen molar-refractivity contribution < 1.29 is 13.9 Å². The third kappa shape index (κ3) is 4.14. The van der Waals surface area contributed by atoms with Gasteiger partial charge in [0.25, 0.3) is 5.91 Å². The van der Waals surface area contributed by atoms with Crippen molar-refractivity contribution in [2.45, 2.75) is 25.8 Å². The number of aromatic nitrogens is 3. The summed E-state index contributed by atoms with van der Waals surface area (Å²) in [6, 6.07) is 7.22. The van der Waals surface area contributed by atoms with Crippen LogP contribution in [-0.2, 0) is 6.54 Å². The predicted molar refractivity (Wildman–Crippen MR) is 114 cm³/mol. The van der Waals surface area contributed by atoms with E-state index in [0.717, 1.165) is 31.3 Å². The SMILES string of the molecule is COc1cccc2cc(C(=O)NCc3nc(N(C)C)nc(N4CCCCC4)n3)oc12. The molecule has 30 heavy (non-hydrogen) atoms. The van der Waals surface area contributed by atoms with Crippen LogP contribution in [0.15, 0.2) is 28.7 Å². The summed E-state index contributed by atoms with van der Waals surface area (Å²) >= 11 is 0. The van der Waals surface area contributed by atoms with E-state index in [1.807, 2.05) is 31.1 Å². The van der Waals surface area contributed by atoms with E-state index < -0.39 is 0 Å². The molecule has 0 radical (unpaired) electrons. The molecule has 3 aromatic rings. The van der Waals surface area contributed by atoms with Gasteiger partial charge in [0.2, 0.25) is 11.9 Å². The molecule has 0 atom stereocenters. The number of anilines is 2. The van der Waals surface area contributed by atoms with Gasteiger partial charge in [0.05, 0.1) is 13.7 Å². The summed E-state index contributed by atoms with van der Waals surface area (Å²) in [4.78, 5) is 30.3. The van der Waals surface area contributed by atoms with E-state index in [9.17, 15) is 4.79 Å². The number of hydrogen-bond acceptors (Lipinski definition) is 8. The van der Waals surface area contributed by atoms with Gasteiger partial charge in [-0.15, -0.1) is 0 Å². The quantitative estimate of drug-likeness (QED) is 0.662. The molecule has 1 amide bonds. The van der Waals surface area contributed by atoms with Gasteiger partial charge in [-0.3, -0.25) is 4.79 Å². The monoisotopic (exact) mass is 410 g/mol. The molecule has 9 heteroatoms. The highest BCUT2D eigenvalue weighted by Gasteiger charge is 2.19. The fourth-order valence-electron chi connectivity index (χ4n) is 3.47. The molecule has 0 unspecified atom stereocenters. The molecule has 0 bridgehead atoms. The van der Waals surface area contributed by atoms with E-state index in [-0.39, 0.29) is 18.2 Å². The number of nitrogens with zero attached hydrogens (tertiary/aromatic N) is 5. The first-order valence-electron chi connectivity index (χ1n) is 10.1. The summed E-state index contributed by atoms with van der Waals surface area (Å²) in [6.45, 7) is 2.05. The number of piperidine rings is 1. The third-order valence-corrected chi connectivity index (χ3v) is 5.06. The molecule has 158 valence electrons. The highest BCUT2D eigenvalue weighted by molar-refractivity contribution is 5.97. The lowest BCUT2D eigenvalue weighted by Crippen LogP contribution is -2.32. The summed E-state index contributed by atoms with van der Waals surface area (Å²) in [6.07, 6.45) is 3.49. The molecule has 2 aromatic heterocycles. The summed E-state index contributed by atoms with van der Waals surface area (Å²) in [5, 5.41) is 3.65. The van der Waals surface area contributed by atoms with Gasteiger partial charge >= 0.3 is 0 Å². The van der Waals surface area contributed by atoms with Gasteiger partial charge in [0, 0.05) is 32.6 Å². The minimum Gasteiger partial charge on any atom is -0.493 e. The van der Waals surface area contributed by atoms with Gasteiger partial charge in [-0.25, -0.2) is 0 Å². The van der Waals surface area contributed by atoms with Crippen LogP contribution < -0.4 is 19.9 Å². The Balaban J connectivity index is 1.52. The fourth-order valence-corrected chi connectivity index (χ4v) is 3.47. The Kier molecular flexibility index (Phi) is 5.69. The average molecular weight is 410 g/mol. The molecule has 0 aliphatic carbocycles. The number of hydrogen-bond donors (Lipinski definition) is 1. The number of para-hydroxylation sites is 1. The second-order valence-electron chi connectivity index (χ2n) is 7.47. The van der Waals surface area contributed by atoms with Crippen LogP contribution in [0, 0.1) is 0 Å². The Hall–Kier alpha value is -3.36. The Morgan fingerprint density at radius 2 is 2.00 bits per heavy atom. The van der Waals surface area contributed by atoms with Crippen LogP contribution in [0.25, 0.3) is 11.0 Å². The van der Waals surface area contributed by atoms with Crippen molar-refractivity contribution in [3.05, 3.63) is 35.9 Å². The first-order chi connectivity index (χ1) is 14.5. The van der Waals surface area contributed by atoms with Crippen molar-refractivity contribution in [1.82, 2.24) is 20.3 Å². The van der Waals surface area contributed by atoms with Crippen LogP contribution in [-0.4, -0.2) is 55.2 Å². The maximum atomic E-state index is 12.7. The Morgan fingerprint density at radius 1 is 1.20 bits per heavy atom. The molecule has 1 fully saturated rings. The average Bonchev–Trinajstić information content (AvgIpc) is 3.22. The number of methoxy groups -OCH3 is 1. The summed E-state index contributed by atoms with van der Waals surface area (Å²) in [7, 11) is 5.35. The molecule has 0 spiro atoms. The van der Waals surface area contributed by atoms with E-state index >= 15 is 0 Å². The minimum absolute atomic E-state index is 0.178. The molecule has 1 N–H and O–H groups in total. The maximum absolute atomic E-state index is 12.7. The number of rotatable bonds is 6. The Bertz CT molecular complexity index is 1040. The summed E-state index contributed by atoms with van der Waals surface area (Å²) in [5.41, 5.74) is 0.549. The van der Waals surface area contributed by atoms with Crippen molar-refractivity contribution in [1.29, 1.82) is 0 Å². The van der Waals surface area contributed by atoms with Gasteiger partial charge < -0.3 is 24.3 Å². The smallest absolute Gasteiger partial charge is 0.287 e. The van der Waals surface area contributed by atoms with Crippen LogP contribution in [0.5, 0.6) is 5.75 Å². The number of amides is 1. The molecule has 1 aromatic carbocycles. The lowest BCUT2D eigenvalue weighted by Gasteiger charge is -2.27. The van der Waals surface area contributed by atoms with Crippen molar-refractivity contribution in [2.75, 3.05) is 44.1 Å². The standard InChI is InChI=1S/C21H26N6O3/c1-26(2)20-23-17(24-21(25-20)27-10-5-4-6-11-27)13-22-19(28)16-12-14-8-7-9-15(29-3)18(14)30-16/h7-9,12H,4-6,10-11,13H2,1-3H3,(H,22,28). The van der Waals surface area contributed by atoms with Gasteiger partial charge in [0.1, 0.15) is 0 Å². The fraction of sp³-hybridized carbons (Fsp3) is 0.429. The van der Waals surface area contributed by atoms with E-state index in [0.29, 0.717) is 29.1 Å². The maximum Gasteiger partial charge on any atom is 0.287 e. The van der Waals surface area contributed by atoms with Crippen molar-refractivity contribution >= 4 is 28.8 Å². The Labute approximate surface area is 175 Å². The predicted octanol–water partition coefficient (Wildman–Crippen LogP) is 2.61. The number of carbonyl (C=O) groups is 1. The van der Waals surface area contributed by atoms with Crippen LogP contribution >= 0.6 is 0 Å². The largest absolute Gasteiger partial charge is 0.493 e. The lowest BCUT2D eigenvalue weighted by molar-refractivity contribution is 0.0924. The van der Waals surface area contributed by atoms with Gasteiger partial charge in [-0.2, -0.15) is 15.0 Å². The number of ether oxygens (including phenoxy) is 1. The van der Waals surface area contributed by atoms with Gasteiger partial charge in [0.15, 0.2) is 22.9 Å². The number of carbonyl (C=O) groups excluding carboxylic acids is 1. The van der Waals surface area contributed by atoms with E-state index in [1.165, 1.54) is 6.42 Å². The number of nitrogens with one attached hydrogen (secondary N) is 1. The van der Waals surface area contributed by atoms with E-state index in [1.54, 1.807) is 19.2 Å². The first-order valence-corrected chi connectivity index (χ1v) is 10.1. The highest BCUT2D eigenvalue weighted by atomic mass is 16.5. The van der Waals surface area contributed by atoms with Crippen LogP contribution in [0.2, 0.25) is 0 Å². The van der Waals surface area contributed by atoms with Crippen molar-refractivity contribution in [2.24, 2.45) is 0 Å². The number of furan rings is 1. The molecular formula is C21H26N6O3. The molecule has 1 aliphatic rings. The topological polar surface area (TPSA) is 96.6 Å². The summed E-state index contributed by atoms with van der Waals surface area (Å²) < 4.78 is 11.0. The zero-order valence-corrected chi connectivity index (χ0v) is 17.5. The highest BCUT2D eigenvalue weighted by Crippen LogP contribution is 2.28. The third-order valence-electron chi connectivity index (χ3n) is 5.06. The van der Waals surface area contributed by atoms with E-state index in [2.05, 4.69) is 25.2 Å². The normalized spacial score (nSPS) is 14.0. The molecule has 0 saturated carbocycles. The molecular weight excluding hydrogens is 384 g/mol. The van der Waals surface area contributed by atoms with Gasteiger partial charge in [-0.05, 0) is 31.4 Å². The van der Waals surface area contributed by atoms with Crippen LogP contribution in [0.3, 0.4) is 0 Å². The number of fused-ring (bicyclic) bond motifs is 1. The van der Waals surface area contributed by atoms with Crippen molar-refractivity contribution in [3.8, 4) is 5.75 Å². The molecule has 1 aliphatic heterocycles. The van der Waals surface area contributed by atoms with Gasteiger partial charge in [-0.1, -0.05) is 12.1 Å². The Morgan fingerprint density at radius 3 is 2.73 bits per heavy atom. The zero-order valence-electron chi connectivity index (χ0n) is 17.5. The second kappa shape index (κ2) is 8.56.